The fourth-order valence-corrected chi connectivity index (χ4v) is 3.55. The Kier molecular flexibility index (Phi) is 6.85. The average Bonchev–Trinajstić information content (AvgIpc) is 3.07. The number of rotatable bonds is 7. The number of nitrogens with one attached hydrogen (secondary N) is 2. The highest BCUT2D eigenvalue weighted by Gasteiger charge is 2.16. The molecule has 0 spiro atoms. The summed E-state index contributed by atoms with van der Waals surface area (Å²) in [7, 11) is -3.27. The van der Waals surface area contributed by atoms with Crippen LogP contribution in [0.3, 0.4) is 0 Å². The molecule has 1 aromatic rings. The van der Waals surface area contributed by atoms with E-state index in [1.807, 2.05) is 6.92 Å². The molecule has 2 rings (SSSR count). The predicted molar refractivity (Wildman–Crippen MR) is 91.5 cm³/mol. The second kappa shape index (κ2) is 8.88. The summed E-state index contributed by atoms with van der Waals surface area (Å²) in [5, 5.41) is 6.20. The topological polar surface area (TPSA) is 79.8 Å². The molecule has 1 unspecified atom stereocenters. The van der Waals surface area contributed by atoms with E-state index in [4.69, 9.17) is 4.74 Å². The molecule has 6 nitrogen and oxygen atoms in total. The molecule has 0 radical (unpaired) electrons. The Balaban J connectivity index is 1.84. The van der Waals surface area contributed by atoms with Crippen LogP contribution in [0.1, 0.15) is 19.8 Å². The number of aliphatic imine (C=N–C) groups is 1. The molecule has 7 heteroatoms. The van der Waals surface area contributed by atoms with Crippen molar-refractivity contribution in [3.63, 3.8) is 0 Å². The van der Waals surface area contributed by atoms with Gasteiger partial charge < -0.3 is 15.4 Å². The molecule has 1 aliphatic heterocycles. The fourth-order valence-electron chi connectivity index (χ4n) is 2.37. The number of hydrogen-bond donors (Lipinski definition) is 2. The molecule has 1 heterocycles. The zero-order valence-corrected chi connectivity index (χ0v) is 14.3. The summed E-state index contributed by atoms with van der Waals surface area (Å²) in [6.45, 7) is 4.42. The zero-order chi connectivity index (χ0) is 16.5. The molecule has 1 atom stereocenters. The Hall–Kier alpha value is -1.60. The Morgan fingerprint density at radius 1 is 1.30 bits per heavy atom. The van der Waals surface area contributed by atoms with E-state index in [1.165, 1.54) is 0 Å². The summed E-state index contributed by atoms with van der Waals surface area (Å²) in [4.78, 5) is 4.81. The van der Waals surface area contributed by atoms with Crippen molar-refractivity contribution in [1.82, 2.24) is 10.6 Å². The molecule has 0 saturated carbocycles. The van der Waals surface area contributed by atoms with Gasteiger partial charge in [-0.25, -0.2) is 8.42 Å². The van der Waals surface area contributed by atoms with Crippen molar-refractivity contribution in [2.24, 2.45) is 4.99 Å². The van der Waals surface area contributed by atoms with Crippen LogP contribution >= 0.6 is 0 Å². The maximum atomic E-state index is 12.2. The third-order valence-corrected chi connectivity index (χ3v) is 5.32. The molecule has 0 aromatic heterocycles. The van der Waals surface area contributed by atoms with Crippen molar-refractivity contribution in [3.8, 4) is 0 Å². The summed E-state index contributed by atoms with van der Waals surface area (Å²) >= 11 is 0. The van der Waals surface area contributed by atoms with Gasteiger partial charge in [-0.15, -0.1) is 0 Å². The summed E-state index contributed by atoms with van der Waals surface area (Å²) in [6, 6.07) is 8.50. The minimum Gasteiger partial charge on any atom is -0.376 e. The largest absolute Gasteiger partial charge is 0.376 e. The van der Waals surface area contributed by atoms with E-state index in [9.17, 15) is 8.42 Å². The fraction of sp³-hybridized carbons (Fsp3) is 0.562. The van der Waals surface area contributed by atoms with Crippen LogP contribution in [0, 0.1) is 0 Å². The highest BCUT2D eigenvalue weighted by molar-refractivity contribution is 7.91. The molecule has 0 amide bonds. The lowest BCUT2D eigenvalue weighted by molar-refractivity contribution is 0.117. The van der Waals surface area contributed by atoms with Crippen molar-refractivity contribution in [2.75, 3.05) is 32.0 Å². The van der Waals surface area contributed by atoms with Crippen molar-refractivity contribution in [3.05, 3.63) is 30.3 Å². The highest BCUT2D eigenvalue weighted by Crippen LogP contribution is 2.12. The van der Waals surface area contributed by atoms with E-state index in [0.29, 0.717) is 23.9 Å². The Labute approximate surface area is 138 Å². The van der Waals surface area contributed by atoms with Crippen molar-refractivity contribution in [1.29, 1.82) is 0 Å². The standard InChI is InChI=1S/C16H25N3O3S/c1-2-17-16(19-13-14-7-6-11-22-14)18-10-12-23(20,21)15-8-4-3-5-9-15/h3-5,8-9,14H,2,6-7,10-13H2,1H3,(H2,17,18,19). The first-order valence-corrected chi connectivity index (χ1v) is 9.68. The van der Waals surface area contributed by atoms with E-state index in [2.05, 4.69) is 15.6 Å². The van der Waals surface area contributed by atoms with Gasteiger partial charge in [-0.3, -0.25) is 4.99 Å². The van der Waals surface area contributed by atoms with E-state index in [0.717, 1.165) is 26.0 Å². The molecule has 1 aromatic carbocycles. The van der Waals surface area contributed by atoms with Crippen LogP contribution in [0.15, 0.2) is 40.2 Å². The molecular weight excluding hydrogens is 314 g/mol. The lowest BCUT2D eigenvalue weighted by atomic mass is 10.2. The lowest BCUT2D eigenvalue weighted by Gasteiger charge is -2.13. The molecule has 1 fully saturated rings. The van der Waals surface area contributed by atoms with Crippen LogP contribution < -0.4 is 10.6 Å². The van der Waals surface area contributed by atoms with Gasteiger partial charge in [0.15, 0.2) is 15.8 Å². The number of ether oxygens (including phenoxy) is 1. The quantitative estimate of drug-likeness (QED) is 0.576. The first kappa shape index (κ1) is 17.7. The molecule has 1 aliphatic rings. The Bertz CT molecular complexity index is 596. The van der Waals surface area contributed by atoms with Crippen LogP contribution in [0.4, 0.5) is 0 Å². The molecule has 128 valence electrons. The van der Waals surface area contributed by atoms with Gasteiger partial charge in [0.1, 0.15) is 0 Å². The second-order valence-corrected chi connectivity index (χ2v) is 7.52. The lowest BCUT2D eigenvalue weighted by Crippen LogP contribution is -2.40. The predicted octanol–water partition coefficient (Wildman–Crippen LogP) is 1.19. The van der Waals surface area contributed by atoms with Crippen LogP contribution in [-0.2, 0) is 14.6 Å². The summed E-state index contributed by atoms with van der Waals surface area (Å²) in [6.07, 6.45) is 2.30. The SMILES string of the molecule is CCNC(=NCC1CCCO1)NCCS(=O)(=O)c1ccccc1. The Morgan fingerprint density at radius 3 is 2.74 bits per heavy atom. The molecule has 1 saturated heterocycles. The van der Waals surface area contributed by atoms with E-state index in [1.54, 1.807) is 30.3 Å². The first-order chi connectivity index (χ1) is 11.1. The van der Waals surface area contributed by atoms with Gasteiger partial charge in [-0.05, 0) is 31.9 Å². The zero-order valence-electron chi connectivity index (χ0n) is 13.5. The van der Waals surface area contributed by atoms with E-state index >= 15 is 0 Å². The van der Waals surface area contributed by atoms with Crippen molar-refractivity contribution < 1.29 is 13.2 Å². The van der Waals surface area contributed by atoms with Crippen LogP contribution in [0.5, 0.6) is 0 Å². The Morgan fingerprint density at radius 2 is 2.09 bits per heavy atom. The van der Waals surface area contributed by atoms with Crippen molar-refractivity contribution >= 4 is 15.8 Å². The maximum Gasteiger partial charge on any atom is 0.191 e. The van der Waals surface area contributed by atoms with Gasteiger partial charge in [0.25, 0.3) is 0 Å². The molecule has 0 bridgehead atoms. The van der Waals surface area contributed by atoms with Gasteiger partial charge in [0, 0.05) is 19.7 Å². The van der Waals surface area contributed by atoms with Crippen molar-refractivity contribution in [2.45, 2.75) is 30.8 Å². The summed E-state index contributed by atoms with van der Waals surface area (Å²) in [5.74, 6) is 0.660. The monoisotopic (exact) mass is 339 g/mol. The van der Waals surface area contributed by atoms with Gasteiger partial charge in [-0.2, -0.15) is 0 Å². The summed E-state index contributed by atoms with van der Waals surface area (Å²) < 4.78 is 30.0. The first-order valence-electron chi connectivity index (χ1n) is 8.03. The summed E-state index contributed by atoms with van der Waals surface area (Å²) in [5.41, 5.74) is 0. The molecule has 23 heavy (non-hydrogen) atoms. The third-order valence-electron chi connectivity index (χ3n) is 3.59. The maximum absolute atomic E-state index is 12.2. The van der Waals surface area contributed by atoms with E-state index < -0.39 is 9.84 Å². The second-order valence-electron chi connectivity index (χ2n) is 5.41. The minimum absolute atomic E-state index is 0.0291. The smallest absolute Gasteiger partial charge is 0.191 e. The van der Waals surface area contributed by atoms with Gasteiger partial charge in [0.05, 0.1) is 23.3 Å². The van der Waals surface area contributed by atoms with Crippen LogP contribution in [-0.4, -0.2) is 52.5 Å². The number of sulfone groups is 1. The average molecular weight is 339 g/mol. The molecule has 0 aliphatic carbocycles. The number of nitrogens with zero attached hydrogens (tertiary/aromatic N) is 1. The van der Waals surface area contributed by atoms with Gasteiger partial charge in [-0.1, -0.05) is 18.2 Å². The van der Waals surface area contributed by atoms with Gasteiger partial charge in [0.2, 0.25) is 0 Å². The number of guanidine groups is 1. The van der Waals surface area contributed by atoms with Gasteiger partial charge >= 0.3 is 0 Å². The minimum atomic E-state index is -3.27. The van der Waals surface area contributed by atoms with Crippen LogP contribution in [0.2, 0.25) is 0 Å². The normalized spacial score (nSPS) is 18.8. The highest BCUT2D eigenvalue weighted by atomic mass is 32.2. The third kappa shape index (κ3) is 5.84. The van der Waals surface area contributed by atoms with Crippen LogP contribution in [0.25, 0.3) is 0 Å². The molecule has 2 N–H and O–H groups in total. The number of benzene rings is 1. The molecular formula is C16H25N3O3S. The number of hydrogen-bond acceptors (Lipinski definition) is 4. The van der Waals surface area contributed by atoms with E-state index in [-0.39, 0.29) is 11.9 Å².